The zero-order chi connectivity index (χ0) is 30.1. The van der Waals surface area contributed by atoms with Crippen LogP contribution in [0.1, 0.15) is 33.1 Å². The highest BCUT2D eigenvalue weighted by Gasteiger charge is 2.45. The minimum Gasteiger partial charge on any atom is -0.497 e. The van der Waals surface area contributed by atoms with Crippen molar-refractivity contribution in [1.29, 1.82) is 0 Å². The molecule has 1 aliphatic heterocycles. The standard InChI is InChI=1S/C27H22F7N3O4/c1-13-3-8-21(27(32,33)34)36-23(13)37-12-18(22-19(28)9-16(40-2)10-20(22)29)17(25(37)39)11-35-24(38)14-4-6-15(7-5-14)41-26(30)31/h3-10,17-18,26H,11-12H2,1-2H3,(H,35,38)/t17?,18-/m1/s1. The second-order valence-electron chi connectivity index (χ2n) is 9.11. The van der Waals surface area contributed by atoms with Crippen LogP contribution in [0.2, 0.25) is 0 Å². The lowest BCUT2D eigenvalue weighted by molar-refractivity contribution is -0.141. The fourth-order valence-electron chi connectivity index (χ4n) is 4.57. The molecule has 2 atom stereocenters. The van der Waals surface area contributed by atoms with Gasteiger partial charge in [0.1, 0.15) is 34.6 Å². The number of benzene rings is 2. The Morgan fingerprint density at radius 1 is 1.07 bits per heavy atom. The van der Waals surface area contributed by atoms with Gasteiger partial charge in [-0.3, -0.25) is 14.5 Å². The zero-order valence-electron chi connectivity index (χ0n) is 21.4. The second-order valence-corrected chi connectivity index (χ2v) is 9.11. The van der Waals surface area contributed by atoms with E-state index >= 15 is 8.78 Å². The van der Waals surface area contributed by atoms with Gasteiger partial charge in [-0.05, 0) is 42.8 Å². The van der Waals surface area contributed by atoms with E-state index in [1.807, 2.05) is 0 Å². The number of halogens is 7. The maximum absolute atomic E-state index is 15.1. The van der Waals surface area contributed by atoms with E-state index in [0.29, 0.717) is 0 Å². The Labute approximate surface area is 228 Å². The third-order valence-corrected chi connectivity index (χ3v) is 6.55. The van der Waals surface area contributed by atoms with E-state index in [2.05, 4.69) is 15.0 Å². The number of carbonyl (C=O) groups is 2. The fraction of sp³-hybridized carbons (Fsp3) is 0.296. The van der Waals surface area contributed by atoms with E-state index in [4.69, 9.17) is 4.74 Å². The van der Waals surface area contributed by atoms with Gasteiger partial charge in [0.2, 0.25) is 5.91 Å². The number of carbonyl (C=O) groups excluding carboxylic acids is 2. The molecule has 41 heavy (non-hydrogen) atoms. The molecule has 1 N–H and O–H groups in total. The van der Waals surface area contributed by atoms with Crippen molar-refractivity contribution in [2.24, 2.45) is 5.92 Å². The van der Waals surface area contributed by atoms with Crippen molar-refractivity contribution in [3.63, 3.8) is 0 Å². The van der Waals surface area contributed by atoms with Crippen molar-refractivity contribution in [3.8, 4) is 11.5 Å². The molecule has 2 aromatic carbocycles. The molecule has 1 aliphatic rings. The Morgan fingerprint density at radius 3 is 2.27 bits per heavy atom. The first kappa shape index (κ1) is 29.6. The van der Waals surface area contributed by atoms with Gasteiger partial charge < -0.3 is 14.8 Å². The molecule has 0 radical (unpaired) electrons. The number of rotatable bonds is 8. The molecule has 0 spiro atoms. The van der Waals surface area contributed by atoms with Gasteiger partial charge in [-0.1, -0.05) is 6.07 Å². The van der Waals surface area contributed by atoms with Gasteiger partial charge in [0.05, 0.1) is 13.0 Å². The molecule has 1 aromatic heterocycles. The van der Waals surface area contributed by atoms with E-state index in [9.17, 15) is 31.5 Å². The quantitative estimate of drug-likeness (QED) is 0.355. The number of anilines is 1. The van der Waals surface area contributed by atoms with Crippen LogP contribution < -0.4 is 19.7 Å². The summed E-state index contributed by atoms with van der Waals surface area (Å²) in [7, 11) is 1.20. The van der Waals surface area contributed by atoms with Crippen molar-refractivity contribution in [3.05, 3.63) is 82.5 Å². The summed E-state index contributed by atoms with van der Waals surface area (Å²) < 4.78 is 104. The molecule has 7 nitrogen and oxygen atoms in total. The van der Waals surface area contributed by atoms with Crippen molar-refractivity contribution >= 4 is 17.6 Å². The van der Waals surface area contributed by atoms with Gasteiger partial charge in [-0.15, -0.1) is 0 Å². The molecular formula is C27H22F7N3O4. The summed E-state index contributed by atoms with van der Waals surface area (Å²) in [4.78, 5) is 30.8. The summed E-state index contributed by atoms with van der Waals surface area (Å²) >= 11 is 0. The van der Waals surface area contributed by atoms with Crippen molar-refractivity contribution in [2.45, 2.75) is 25.6 Å². The van der Waals surface area contributed by atoms with Gasteiger partial charge in [0.15, 0.2) is 0 Å². The van der Waals surface area contributed by atoms with Crippen LogP contribution >= 0.6 is 0 Å². The first-order valence-corrected chi connectivity index (χ1v) is 12.0. The van der Waals surface area contributed by atoms with E-state index in [-0.39, 0.29) is 28.4 Å². The van der Waals surface area contributed by atoms with E-state index < -0.39 is 72.4 Å². The molecule has 0 bridgehead atoms. The third kappa shape index (κ3) is 6.36. The maximum atomic E-state index is 15.1. The Morgan fingerprint density at radius 2 is 1.71 bits per heavy atom. The van der Waals surface area contributed by atoms with E-state index in [1.54, 1.807) is 0 Å². The Hall–Kier alpha value is -4.36. The predicted octanol–water partition coefficient (Wildman–Crippen LogP) is 5.47. The molecule has 1 fully saturated rings. The SMILES string of the molecule is COc1cc(F)c([C@@H]2CN(c3nc(C(F)(F)F)ccc3C)C(=O)C2CNC(=O)c2ccc(OC(F)F)cc2)c(F)c1. The molecule has 0 aliphatic carbocycles. The lowest BCUT2D eigenvalue weighted by Gasteiger charge is -2.20. The summed E-state index contributed by atoms with van der Waals surface area (Å²) in [6, 6.07) is 8.29. The normalized spacial score (nSPS) is 17.2. The lowest BCUT2D eigenvalue weighted by Crippen LogP contribution is -2.36. The number of pyridine rings is 1. The van der Waals surface area contributed by atoms with Crippen molar-refractivity contribution in [1.82, 2.24) is 10.3 Å². The van der Waals surface area contributed by atoms with Gasteiger partial charge in [-0.2, -0.15) is 22.0 Å². The molecule has 0 saturated carbocycles. The zero-order valence-corrected chi connectivity index (χ0v) is 21.4. The van der Waals surface area contributed by atoms with Crippen LogP contribution in [0.25, 0.3) is 0 Å². The van der Waals surface area contributed by atoms with Crippen molar-refractivity contribution in [2.75, 3.05) is 25.1 Å². The predicted molar refractivity (Wildman–Crippen MR) is 131 cm³/mol. The average molecular weight is 585 g/mol. The fourth-order valence-corrected chi connectivity index (χ4v) is 4.57. The number of aromatic nitrogens is 1. The van der Waals surface area contributed by atoms with Crippen LogP contribution in [0.15, 0.2) is 48.5 Å². The van der Waals surface area contributed by atoms with Crippen LogP contribution in [0.5, 0.6) is 11.5 Å². The molecule has 4 rings (SSSR count). The number of nitrogens with zero attached hydrogens (tertiary/aromatic N) is 2. The molecule has 1 saturated heterocycles. The van der Waals surface area contributed by atoms with Crippen LogP contribution in [-0.4, -0.2) is 43.6 Å². The number of hydrogen-bond donors (Lipinski definition) is 1. The molecular weight excluding hydrogens is 563 g/mol. The van der Waals surface area contributed by atoms with Crippen molar-refractivity contribution < 1.29 is 49.8 Å². The number of ether oxygens (including phenoxy) is 2. The Kier molecular flexibility index (Phi) is 8.40. The summed E-state index contributed by atoms with van der Waals surface area (Å²) in [5.41, 5.74) is -1.57. The number of hydrogen-bond acceptors (Lipinski definition) is 5. The highest BCUT2D eigenvalue weighted by molar-refractivity contribution is 5.99. The number of alkyl halides is 5. The first-order chi connectivity index (χ1) is 19.3. The molecule has 1 unspecified atom stereocenters. The summed E-state index contributed by atoms with van der Waals surface area (Å²) in [5.74, 6) is -6.91. The van der Waals surface area contributed by atoms with Gasteiger partial charge in [-0.25, -0.2) is 13.8 Å². The number of methoxy groups -OCH3 is 1. The minimum absolute atomic E-state index is 0.00247. The lowest BCUT2D eigenvalue weighted by atomic mass is 9.87. The highest BCUT2D eigenvalue weighted by atomic mass is 19.4. The smallest absolute Gasteiger partial charge is 0.433 e. The molecule has 3 aromatic rings. The van der Waals surface area contributed by atoms with Gasteiger partial charge >= 0.3 is 12.8 Å². The summed E-state index contributed by atoms with van der Waals surface area (Å²) in [5, 5.41) is 2.47. The monoisotopic (exact) mass is 585 g/mol. The molecule has 2 heterocycles. The highest BCUT2D eigenvalue weighted by Crippen LogP contribution is 2.40. The number of nitrogens with one attached hydrogen (secondary N) is 1. The van der Waals surface area contributed by atoms with Crippen LogP contribution in [0.3, 0.4) is 0 Å². The van der Waals surface area contributed by atoms with Crippen LogP contribution in [0, 0.1) is 24.5 Å². The molecule has 2 amide bonds. The average Bonchev–Trinajstić information content (AvgIpc) is 3.21. The molecule has 14 heteroatoms. The number of aryl methyl sites for hydroxylation is 1. The summed E-state index contributed by atoms with van der Waals surface area (Å²) in [6.45, 7) is -2.54. The topological polar surface area (TPSA) is 80.8 Å². The van der Waals surface area contributed by atoms with Crippen LogP contribution in [0.4, 0.5) is 36.6 Å². The van der Waals surface area contributed by atoms with Gasteiger partial charge in [0.25, 0.3) is 5.91 Å². The largest absolute Gasteiger partial charge is 0.497 e. The van der Waals surface area contributed by atoms with E-state index in [0.717, 1.165) is 41.3 Å². The van der Waals surface area contributed by atoms with Gasteiger partial charge in [0, 0.05) is 42.3 Å². The maximum Gasteiger partial charge on any atom is 0.433 e. The van der Waals surface area contributed by atoms with E-state index in [1.165, 1.54) is 26.2 Å². The Balaban J connectivity index is 1.67. The molecule has 218 valence electrons. The minimum atomic E-state index is -4.82. The number of amides is 2. The Bertz CT molecular complexity index is 1420. The second kappa shape index (κ2) is 11.6. The third-order valence-electron chi connectivity index (χ3n) is 6.55. The summed E-state index contributed by atoms with van der Waals surface area (Å²) in [6.07, 6.45) is -4.82. The van der Waals surface area contributed by atoms with Crippen LogP contribution in [-0.2, 0) is 11.0 Å². The first-order valence-electron chi connectivity index (χ1n) is 12.0.